The zero-order valence-electron chi connectivity index (χ0n) is 11.8. The topological polar surface area (TPSA) is 30.5 Å². The van der Waals surface area contributed by atoms with E-state index in [4.69, 9.17) is 9.47 Å². The van der Waals surface area contributed by atoms with Gasteiger partial charge in [0.1, 0.15) is 0 Å². The van der Waals surface area contributed by atoms with E-state index in [1.54, 1.807) is 0 Å². The van der Waals surface area contributed by atoms with E-state index in [0.29, 0.717) is 6.04 Å². The van der Waals surface area contributed by atoms with E-state index >= 15 is 0 Å². The second-order valence-corrected chi connectivity index (χ2v) is 6.14. The third-order valence-corrected chi connectivity index (χ3v) is 3.94. The highest BCUT2D eigenvalue weighted by Gasteiger charge is 2.10. The highest BCUT2D eigenvalue weighted by molar-refractivity contribution is 7.99. The van der Waals surface area contributed by atoms with Crippen LogP contribution in [0.3, 0.4) is 0 Å². The second kappa shape index (κ2) is 7.65. The third-order valence-electron chi connectivity index (χ3n) is 2.86. The number of ether oxygens (including phenoxy) is 2. The highest BCUT2D eigenvalue weighted by Crippen LogP contribution is 2.33. The van der Waals surface area contributed by atoms with Gasteiger partial charge in [-0.3, -0.25) is 0 Å². The van der Waals surface area contributed by atoms with Gasteiger partial charge < -0.3 is 14.8 Å². The van der Waals surface area contributed by atoms with Crippen LogP contribution in [0.2, 0.25) is 0 Å². The molecule has 1 aliphatic rings. The fourth-order valence-electron chi connectivity index (χ4n) is 1.89. The Morgan fingerprint density at radius 2 is 2.00 bits per heavy atom. The molecular weight excluding hydrogens is 258 g/mol. The van der Waals surface area contributed by atoms with Crippen molar-refractivity contribution in [3.63, 3.8) is 0 Å². The number of rotatable bonds is 6. The van der Waals surface area contributed by atoms with Gasteiger partial charge in [-0.1, -0.05) is 13.8 Å². The van der Waals surface area contributed by atoms with Crippen LogP contribution in [-0.2, 0) is 0 Å². The smallest absolute Gasteiger partial charge is 0.162 e. The van der Waals surface area contributed by atoms with Gasteiger partial charge in [0.2, 0.25) is 0 Å². The molecule has 0 spiro atoms. The molecule has 2 rings (SSSR count). The number of fused-ring (bicyclic) bond motifs is 1. The Labute approximate surface area is 120 Å². The van der Waals surface area contributed by atoms with Crippen molar-refractivity contribution in [3.8, 4) is 11.5 Å². The molecule has 1 aliphatic heterocycles. The van der Waals surface area contributed by atoms with Crippen LogP contribution in [0.5, 0.6) is 11.5 Å². The zero-order chi connectivity index (χ0) is 13.5. The van der Waals surface area contributed by atoms with Gasteiger partial charge in [0.05, 0.1) is 13.2 Å². The number of thioether (sulfide) groups is 1. The molecule has 1 N–H and O–H groups in total. The Morgan fingerprint density at radius 1 is 1.21 bits per heavy atom. The average molecular weight is 281 g/mol. The van der Waals surface area contributed by atoms with Gasteiger partial charge in [0.25, 0.3) is 0 Å². The second-order valence-electron chi connectivity index (χ2n) is 4.97. The van der Waals surface area contributed by atoms with Crippen LogP contribution >= 0.6 is 11.8 Å². The third kappa shape index (κ3) is 4.96. The first-order valence-corrected chi connectivity index (χ1v) is 8.00. The van der Waals surface area contributed by atoms with Crippen molar-refractivity contribution < 1.29 is 9.47 Å². The lowest BCUT2D eigenvalue weighted by molar-refractivity contribution is 0.297. The Hall–Kier alpha value is -0.870. The van der Waals surface area contributed by atoms with Crippen LogP contribution in [0.25, 0.3) is 0 Å². The van der Waals surface area contributed by atoms with E-state index in [1.807, 2.05) is 17.8 Å². The molecule has 0 bridgehead atoms. The molecule has 0 radical (unpaired) electrons. The van der Waals surface area contributed by atoms with Crippen molar-refractivity contribution in [3.05, 3.63) is 18.2 Å². The lowest BCUT2D eigenvalue weighted by Crippen LogP contribution is -2.23. The molecule has 1 aromatic carbocycles. The molecule has 19 heavy (non-hydrogen) atoms. The largest absolute Gasteiger partial charge is 0.490 e. The molecule has 1 aromatic rings. The van der Waals surface area contributed by atoms with Gasteiger partial charge in [-0.2, -0.15) is 0 Å². The average Bonchev–Trinajstić information content (AvgIpc) is 2.62. The maximum Gasteiger partial charge on any atom is 0.162 e. The SMILES string of the molecule is CC(C)NCCCSc1ccc2c(c1)OCCCO2. The zero-order valence-corrected chi connectivity index (χ0v) is 12.6. The number of nitrogens with one attached hydrogen (secondary N) is 1. The summed E-state index contributed by atoms with van der Waals surface area (Å²) in [6.45, 7) is 6.93. The first kappa shape index (κ1) is 14.5. The van der Waals surface area contributed by atoms with Gasteiger partial charge in [0.15, 0.2) is 11.5 Å². The van der Waals surface area contributed by atoms with Gasteiger partial charge in [-0.25, -0.2) is 0 Å². The first-order valence-electron chi connectivity index (χ1n) is 7.01. The van der Waals surface area contributed by atoms with Crippen LogP contribution in [0.15, 0.2) is 23.1 Å². The molecule has 0 fully saturated rings. The predicted molar refractivity (Wildman–Crippen MR) is 80.5 cm³/mol. The summed E-state index contributed by atoms with van der Waals surface area (Å²) < 4.78 is 11.3. The van der Waals surface area contributed by atoms with Crippen LogP contribution in [-0.4, -0.2) is 31.6 Å². The van der Waals surface area contributed by atoms with E-state index in [-0.39, 0.29) is 0 Å². The van der Waals surface area contributed by atoms with E-state index < -0.39 is 0 Å². The molecule has 0 aliphatic carbocycles. The molecule has 0 saturated carbocycles. The predicted octanol–water partition coefficient (Wildman–Crippen LogP) is 3.33. The van der Waals surface area contributed by atoms with Crippen molar-refractivity contribution in [1.29, 1.82) is 0 Å². The minimum Gasteiger partial charge on any atom is -0.490 e. The van der Waals surface area contributed by atoms with Gasteiger partial charge >= 0.3 is 0 Å². The van der Waals surface area contributed by atoms with E-state index in [9.17, 15) is 0 Å². The van der Waals surface area contributed by atoms with Crippen LogP contribution in [0.4, 0.5) is 0 Å². The van der Waals surface area contributed by atoms with E-state index in [1.165, 1.54) is 11.3 Å². The Kier molecular flexibility index (Phi) is 5.86. The fraction of sp³-hybridized carbons (Fsp3) is 0.600. The van der Waals surface area contributed by atoms with Gasteiger partial charge in [0, 0.05) is 17.4 Å². The van der Waals surface area contributed by atoms with Crippen molar-refractivity contribution in [2.45, 2.75) is 37.6 Å². The minimum atomic E-state index is 0.572. The Balaban J connectivity index is 1.79. The van der Waals surface area contributed by atoms with Crippen molar-refractivity contribution in [2.24, 2.45) is 0 Å². The van der Waals surface area contributed by atoms with Crippen molar-refractivity contribution >= 4 is 11.8 Å². The summed E-state index contributed by atoms with van der Waals surface area (Å²) >= 11 is 1.88. The maximum absolute atomic E-state index is 5.70. The lowest BCUT2D eigenvalue weighted by atomic mass is 10.3. The molecule has 0 aromatic heterocycles. The summed E-state index contributed by atoms with van der Waals surface area (Å²) in [5, 5.41) is 3.43. The standard InChI is InChI=1S/C15H23NO2S/c1-12(2)16-7-3-10-19-13-5-6-14-15(11-13)18-9-4-8-17-14/h5-6,11-12,16H,3-4,7-10H2,1-2H3. The van der Waals surface area contributed by atoms with E-state index in [0.717, 1.165) is 43.4 Å². The lowest BCUT2D eigenvalue weighted by Gasteiger charge is -2.10. The summed E-state index contributed by atoms with van der Waals surface area (Å²) in [6.07, 6.45) is 2.13. The summed E-state index contributed by atoms with van der Waals surface area (Å²) in [5.41, 5.74) is 0. The molecule has 1 heterocycles. The summed E-state index contributed by atoms with van der Waals surface area (Å²) in [4.78, 5) is 1.26. The quantitative estimate of drug-likeness (QED) is 0.640. The number of hydrogen-bond donors (Lipinski definition) is 1. The van der Waals surface area contributed by atoms with Crippen LogP contribution < -0.4 is 14.8 Å². The van der Waals surface area contributed by atoms with Crippen LogP contribution in [0, 0.1) is 0 Å². The number of hydrogen-bond acceptors (Lipinski definition) is 4. The molecule has 0 unspecified atom stereocenters. The van der Waals surface area contributed by atoms with Crippen LogP contribution in [0.1, 0.15) is 26.7 Å². The number of benzene rings is 1. The minimum absolute atomic E-state index is 0.572. The summed E-state index contributed by atoms with van der Waals surface area (Å²) in [7, 11) is 0. The molecule has 106 valence electrons. The Bertz CT molecular complexity index is 396. The molecular formula is C15H23NO2S. The molecule has 4 heteroatoms. The molecule has 0 amide bonds. The van der Waals surface area contributed by atoms with Crippen molar-refractivity contribution in [2.75, 3.05) is 25.5 Å². The van der Waals surface area contributed by atoms with Gasteiger partial charge in [-0.15, -0.1) is 11.8 Å². The molecule has 3 nitrogen and oxygen atoms in total. The first-order chi connectivity index (χ1) is 9.25. The molecule has 0 saturated heterocycles. The molecule has 0 atom stereocenters. The van der Waals surface area contributed by atoms with Gasteiger partial charge in [-0.05, 0) is 36.9 Å². The fourth-order valence-corrected chi connectivity index (χ4v) is 2.77. The highest BCUT2D eigenvalue weighted by atomic mass is 32.2. The van der Waals surface area contributed by atoms with E-state index in [2.05, 4.69) is 31.3 Å². The summed E-state index contributed by atoms with van der Waals surface area (Å²) in [6, 6.07) is 6.81. The monoisotopic (exact) mass is 281 g/mol. The Morgan fingerprint density at radius 3 is 2.79 bits per heavy atom. The van der Waals surface area contributed by atoms with Crippen molar-refractivity contribution in [1.82, 2.24) is 5.32 Å². The normalized spacial score (nSPS) is 14.5. The maximum atomic E-state index is 5.70. The summed E-state index contributed by atoms with van der Waals surface area (Å²) in [5.74, 6) is 2.89.